The molecule has 7 heteroatoms. The average Bonchev–Trinajstić information content (AvgIpc) is 2.89. The van der Waals surface area contributed by atoms with Gasteiger partial charge in [-0.25, -0.2) is 9.78 Å². The molecule has 188 valence electrons. The van der Waals surface area contributed by atoms with E-state index in [1.165, 1.54) is 0 Å². The molecule has 0 saturated carbocycles. The van der Waals surface area contributed by atoms with Gasteiger partial charge in [-0.05, 0) is 53.1 Å². The van der Waals surface area contributed by atoms with Gasteiger partial charge in [0.2, 0.25) is 5.91 Å². The van der Waals surface area contributed by atoms with Crippen molar-refractivity contribution in [1.82, 2.24) is 9.88 Å². The third-order valence-electron chi connectivity index (χ3n) is 5.90. The van der Waals surface area contributed by atoms with Gasteiger partial charge in [0.15, 0.2) is 0 Å². The number of hydrogen-bond acceptors (Lipinski definition) is 4. The van der Waals surface area contributed by atoms with E-state index in [2.05, 4.69) is 12.1 Å². The summed E-state index contributed by atoms with van der Waals surface area (Å²) in [7, 11) is 3.51. The number of fused-ring (bicyclic) bond motifs is 1. The summed E-state index contributed by atoms with van der Waals surface area (Å²) in [4.78, 5) is 29.7. The summed E-state index contributed by atoms with van der Waals surface area (Å²) in [6, 6.07) is 24.8. The second-order valence-corrected chi connectivity index (χ2v) is 10.4. The molecule has 1 heterocycles. The second kappa shape index (κ2) is 12.1. The Morgan fingerprint density at radius 3 is 2.46 bits per heavy atom. The first-order chi connectivity index (χ1) is 17.8. The van der Waals surface area contributed by atoms with Crippen molar-refractivity contribution < 1.29 is 14.7 Å². The van der Waals surface area contributed by atoms with Gasteiger partial charge in [-0.3, -0.25) is 4.79 Å². The molecule has 1 N–H and O–H groups in total. The molecule has 5 nitrogen and oxygen atoms in total. The van der Waals surface area contributed by atoms with Crippen molar-refractivity contribution in [3.8, 4) is 0 Å². The smallest absolute Gasteiger partial charge is 0.335 e. The zero-order valence-electron chi connectivity index (χ0n) is 20.6. The monoisotopic (exact) mass is 530 g/mol. The molecule has 0 radical (unpaired) electrons. The first kappa shape index (κ1) is 26.5. The van der Waals surface area contributed by atoms with Crippen molar-refractivity contribution in [1.29, 1.82) is 0 Å². The molecule has 1 atom stereocenters. The molecule has 0 bridgehead atoms. The van der Waals surface area contributed by atoms with Crippen molar-refractivity contribution >= 4 is 58.3 Å². The van der Waals surface area contributed by atoms with E-state index < -0.39 is 5.97 Å². The second-order valence-electron chi connectivity index (χ2n) is 8.79. The van der Waals surface area contributed by atoms with Gasteiger partial charge in [0.25, 0.3) is 0 Å². The molecule has 0 saturated heterocycles. The van der Waals surface area contributed by atoms with E-state index in [0.29, 0.717) is 17.2 Å². The Morgan fingerprint density at radius 1 is 0.973 bits per heavy atom. The number of benzene rings is 3. The number of aromatic carboxylic acids is 1. The summed E-state index contributed by atoms with van der Waals surface area (Å²) in [6.07, 6.45) is 4.42. The number of amides is 1. The maximum Gasteiger partial charge on any atom is 0.335 e. The van der Waals surface area contributed by atoms with Crippen LogP contribution in [-0.4, -0.2) is 46.7 Å². The Labute approximate surface area is 225 Å². The SMILES string of the molecule is CN(C)C(=O)CCSC(c1ccc(C(=O)O)cc1)c1cccc(/C=C/c2ccc3ccc(Cl)cc3n2)c1. The first-order valence-corrected chi connectivity index (χ1v) is 13.2. The highest BCUT2D eigenvalue weighted by atomic mass is 35.5. The zero-order valence-corrected chi connectivity index (χ0v) is 22.2. The van der Waals surface area contributed by atoms with Gasteiger partial charge >= 0.3 is 5.97 Å². The Balaban J connectivity index is 1.59. The molecule has 4 aromatic rings. The lowest BCUT2D eigenvalue weighted by molar-refractivity contribution is -0.128. The lowest BCUT2D eigenvalue weighted by atomic mass is 10.0. The molecule has 0 aliphatic heterocycles. The van der Waals surface area contributed by atoms with Crippen molar-refractivity contribution in [2.45, 2.75) is 11.7 Å². The fourth-order valence-electron chi connectivity index (χ4n) is 3.88. The quantitative estimate of drug-likeness (QED) is 0.251. The summed E-state index contributed by atoms with van der Waals surface area (Å²) in [5, 5.41) is 10.9. The normalized spacial score (nSPS) is 12.1. The minimum absolute atomic E-state index is 0.0490. The molecule has 37 heavy (non-hydrogen) atoms. The van der Waals surface area contributed by atoms with Gasteiger partial charge in [0.1, 0.15) is 0 Å². The van der Waals surface area contributed by atoms with Gasteiger partial charge in [-0.1, -0.05) is 66.2 Å². The first-order valence-electron chi connectivity index (χ1n) is 11.8. The molecule has 0 aliphatic carbocycles. The summed E-state index contributed by atoms with van der Waals surface area (Å²) >= 11 is 7.79. The van der Waals surface area contributed by atoms with Gasteiger partial charge in [-0.2, -0.15) is 0 Å². The van der Waals surface area contributed by atoms with Gasteiger partial charge in [0, 0.05) is 36.7 Å². The summed E-state index contributed by atoms with van der Waals surface area (Å²) < 4.78 is 0. The van der Waals surface area contributed by atoms with Crippen molar-refractivity contribution in [2.24, 2.45) is 0 Å². The molecule has 1 aromatic heterocycles. The lowest BCUT2D eigenvalue weighted by Crippen LogP contribution is -2.22. The Hall–Kier alpha value is -3.61. The van der Waals surface area contributed by atoms with E-state index in [-0.39, 0.29) is 16.7 Å². The Kier molecular flexibility index (Phi) is 8.64. The number of rotatable bonds is 9. The van der Waals surface area contributed by atoms with Gasteiger partial charge < -0.3 is 10.0 Å². The molecule has 1 unspecified atom stereocenters. The van der Waals surface area contributed by atoms with E-state index in [1.54, 1.807) is 42.9 Å². The van der Waals surface area contributed by atoms with Crippen LogP contribution in [0.3, 0.4) is 0 Å². The van der Waals surface area contributed by atoms with E-state index in [0.717, 1.165) is 33.3 Å². The fraction of sp³-hybridized carbons (Fsp3) is 0.167. The van der Waals surface area contributed by atoms with Crippen molar-refractivity contribution in [3.05, 3.63) is 112 Å². The third kappa shape index (κ3) is 7.00. The van der Waals surface area contributed by atoms with Crippen LogP contribution in [0.1, 0.15) is 44.4 Å². The van der Waals surface area contributed by atoms with Crippen LogP contribution in [0.2, 0.25) is 5.02 Å². The molecule has 0 spiro atoms. The standard InChI is InChI=1S/C30H27ClN2O3S/c1-33(2)28(34)16-17-37-29(22-7-9-23(10-8-22)30(35)36)24-5-3-4-20(18-24)6-14-26-15-12-21-11-13-25(31)19-27(21)32-26/h3-15,18-19,29H,16-17H2,1-2H3,(H,35,36)/b14-6+. The van der Waals surface area contributed by atoms with E-state index in [4.69, 9.17) is 16.6 Å². The zero-order chi connectivity index (χ0) is 26.4. The summed E-state index contributed by atoms with van der Waals surface area (Å²) in [6.45, 7) is 0. The van der Waals surface area contributed by atoms with E-state index >= 15 is 0 Å². The van der Waals surface area contributed by atoms with Gasteiger partial charge in [0.05, 0.1) is 22.0 Å². The van der Waals surface area contributed by atoms with Crippen molar-refractivity contribution in [2.75, 3.05) is 19.8 Å². The maximum atomic E-state index is 12.1. The number of carbonyl (C=O) groups excluding carboxylic acids is 1. The van der Waals surface area contributed by atoms with Crippen molar-refractivity contribution in [3.63, 3.8) is 0 Å². The topological polar surface area (TPSA) is 70.5 Å². The van der Waals surface area contributed by atoms with Crippen LogP contribution >= 0.6 is 23.4 Å². The number of thioether (sulfide) groups is 1. The Bertz CT molecular complexity index is 1450. The number of aromatic nitrogens is 1. The predicted octanol–water partition coefficient (Wildman–Crippen LogP) is 7.06. The predicted molar refractivity (Wildman–Crippen MR) is 153 cm³/mol. The molecule has 0 aliphatic rings. The van der Waals surface area contributed by atoms with Crippen LogP contribution in [0.15, 0.2) is 78.9 Å². The average molecular weight is 531 g/mol. The highest BCUT2D eigenvalue weighted by Gasteiger charge is 2.17. The van der Waals surface area contributed by atoms with Crippen LogP contribution < -0.4 is 0 Å². The van der Waals surface area contributed by atoms with E-state index in [1.807, 2.05) is 66.7 Å². The molecule has 1 amide bonds. The Morgan fingerprint density at radius 2 is 1.73 bits per heavy atom. The number of halogens is 1. The number of hydrogen-bond donors (Lipinski definition) is 1. The molecular formula is C30H27ClN2O3S. The summed E-state index contributed by atoms with van der Waals surface area (Å²) in [5.41, 5.74) is 5.00. The lowest BCUT2D eigenvalue weighted by Gasteiger charge is -2.19. The number of pyridine rings is 1. The number of carbonyl (C=O) groups is 2. The number of nitrogens with zero attached hydrogens (tertiary/aromatic N) is 2. The highest BCUT2D eigenvalue weighted by molar-refractivity contribution is 7.99. The van der Waals surface area contributed by atoms with Crippen LogP contribution in [0.4, 0.5) is 0 Å². The molecular weight excluding hydrogens is 504 g/mol. The number of carboxylic acids is 1. The maximum absolute atomic E-state index is 12.1. The van der Waals surface area contributed by atoms with Gasteiger partial charge in [-0.15, -0.1) is 11.8 Å². The minimum Gasteiger partial charge on any atom is -0.478 e. The molecule has 0 fully saturated rings. The van der Waals surface area contributed by atoms with Crippen LogP contribution in [0.25, 0.3) is 23.1 Å². The molecule has 3 aromatic carbocycles. The summed E-state index contributed by atoms with van der Waals surface area (Å²) in [5.74, 6) is -0.233. The van der Waals surface area contributed by atoms with Crippen LogP contribution in [-0.2, 0) is 4.79 Å². The fourth-order valence-corrected chi connectivity index (χ4v) is 5.26. The largest absolute Gasteiger partial charge is 0.478 e. The van der Waals surface area contributed by atoms with Crippen LogP contribution in [0, 0.1) is 0 Å². The number of carboxylic acid groups (broad SMARTS) is 1. The minimum atomic E-state index is -0.955. The third-order valence-corrected chi connectivity index (χ3v) is 7.45. The van der Waals surface area contributed by atoms with Crippen LogP contribution in [0.5, 0.6) is 0 Å². The highest BCUT2D eigenvalue weighted by Crippen LogP contribution is 2.37. The molecule has 4 rings (SSSR count). The van der Waals surface area contributed by atoms with E-state index in [9.17, 15) is 14.7 Å².